The molecule has 11 heavy (non-hydrogen) atoms. The van der Waals surface area contributed by atoms with E-state index in [1.807, 2.05) is 0 Å². The Morgan fingerprint density at radius 1 is 1.55 bits per heavy atom. The number of allylic oxidation sites excluding steroid dienone is 1. The molecule has 0 radical (unpaired) electrons. The predicted octanol–water partition coefficient (Wildman–Crippen LogP) is 1.37. The van der Waals surface area contributed by atoms with Crippen LogP contribution >= 0.6 is 0 Å². The van der Waals surface area contributed by atoms with Crippen molar-refractivity contribution in [3.8, 4) is 0 Å². The monoisotopic (exact) mass is 167 g/mol. The van der Waals surface area contributed by atoms with Gasteiger partial charge in [-0.25, -0.2) is 0 Å². The molecule has 0 aliphatic heterocycles. The van der Waals surface area contributed by atoms with Crippen LogP contribution in [0.15, 0.2) is 11.6 Å². The van der Waals surface area contributed by atoms with Crippen LogP contribution in [-0.2, 0) is 4.79 Å². The van der Waals surface area contributed by atoms with Crippen molar-refractivity contribution in [2.24, 2.45) is 5.73 Å². The summed E-state index contributed by atoms with van der Waals surface area (Å²) in [5.74, 6) is -1.02. The van der Waals surface area contributed by atoms with Crippen molar-refractivity contribution in [2.75, 3.05) is 0 Å². The van der Waals surface area contributed by atoms with E-state index in [2.05, 4.69) is 5.73 Å². The van der Waals surface area contributed by atoms with Gasteiger partial charge in [-0.15, -0.1) is 0 Å². The van der Waals surface area contributed by atoms with Crippen molar-refractivity contribution >= 4 is 5.91 Å². The van der Waals surface area contributed by atoms with E-state index in [-0.39, 0.29) is 0 Å². The Labute approximate surface area is 61.9 Å². The SMILES string of the molecule is CC=C(CC(F)(F)F)C(N)=O. The summed E-state index contributed by atoms with van der Waals surface area (Å²) in [5.41, 5.74) is 4.24. The molecule has 0 saturated carbocycles. The fourth-order valence-electron chi connectivity index (χ4n) is 0.547. The Morgan fingerprint density at radius 2 is 2.00 bits per heavy atom. The maximum absolute atomic E-state index is 11.6. The lowest BCUT2D eigenvalue weighted by atomic mass is 10.1. The molecule has 0 fully saturated rings. The van der Waals surface area contributed by atoms with Crippen LogP contribution < -0.4 is 5.73 Å². The third kappa shape index (κ3) is 4.41. The van der Waals surface area contributed by atoms with Gasteiger partial charge in [-0.1, -0.05) is 6.08 Å². The molecule has 0 unspecified atom stereocenters. The van der Waals surface area contributed by atoms with Gasteiger partial charge in [0.25, 0.3) is 0 Å². The van der Waals surface area contributed by atoms with Gasteiger partial charge in [0.05, 0.1) is 6.42 Å². The number of primary amides is 1. The molecule has 0 aliphatic carbocycles. The third-order valence-electron chi connectivity index (χ3n) is 1.06. The first-order valence-corrected chi connectivity index (χ1v) is 2.88. The van der Waals surface area contributed by atoms with Crippen LogP contribution in [-0.4, -0.2) is 12.1 Å². The van der Waals surface area contributed by atoms with Crippen molar-refractivity contribution in [1.82, 2.24) is 0 Å². The zero-order valence-corrected chi connectivity index (χ0v) is 5.90. The average molecular weight is 167 g/mol. The zero-order valence-electron chi connectivity index (χ0n) is 5.90. The average Bonchev–Trinajstić information content (AvgIpc) is 1.80. The van der Waals surface area contributed by atoms with E-state index < -0.39 is 24.1 Å². The Morgan fingerprint density at radius 3 is 2.09 bits per heavy atom. The molecule has 0 rings (SSSR count). The standard InChI is InChI=1S/C6H8F3NO/c1-2-4(5(10)11)3-6(7,8)9/h2H,3H2,1H3,(H2,10,11). The zero-order chi connectivity index (χ0) is 9.07. The van der Waals surface area contributed by atoms with E-state index in [0.29, 0.717) is 0 Å². The minimum Gasteiger partial charge on any atom is -0.366 e. The van der Waals surface area contributed by atoms with Crippen LogP contribution in [0.1, 0.15) is 13.3 Å². The van der Waals surface area contributed by atoms with Gasteiger partial charge < -0.3 is 5.73 Å². The second-order valence-corrected chi connectivity index (χ2v) is 1.97. The molecule has 0 saturated heterocycles. The normalized spacial score (nSPS) is 13.3. The van der Waals surface area contributed by atoms with Crippen LogP contribution in [0.2, 0.25) is 0 Å². The van der Waals surface area contributed by atoms with Crippen molar-refractivity contribution in [2.45, 2.75) is 19.5 Å². The third-order valence-corrected chi connectivity index (χ3v) is 1.06. The fourth-order valence-corrected chi connectivity index (χ4v) is 0.547. The van der Waals surface area contributed by atoms with E-state index in [1.54, 1.807) is 0 Å². The molecule has 0 heterocycles. The Balaban J connectivity index is 4.24. The molecule has 0 aliphatic rings. The van der Waals surface area contributed by atoms with Crippen LogP contribution in [0.3, 0.4) is 0 Å². The summed E-state index contributed by atoms with van der Waals surface area (Å²) in [6.07, 6.45) is -4.55. The van der Waals surface area contributed by atoms with Crippen LogP contribution in [0.5, 0.6) is 0 Å². The van der Waals surface area contributed by atoms with Crippen molar-refractivity contribution in [3.05, 3.63) is 11.6 Å². The smallest absolute Gasteiger partial charge is 0.366 e. The summed E-state index contributed by atoms with van der Waals surface area (Å²) < 4.78 is 34.8. The Hall–Kier alpha value is -1.00. The molecule has 1 amide bonds. The largest absolute Gasteiger partial charge is 0.393 e. The lowest BCUT2D eigenvalue weighted by molar-refractivity contribution is -0.133. The second kappa shape index (κ2) is 3.41. The van der Waals surface area contributed by atoms with Gasteiger partial charge in [0, 0.05) is 5.57 Å². The number of hydrogen-bond donors (Lipinski definition) is 1. The van der Waals surface area contributed by atoms with E-state index >= 15 is 0 Å². The molecule has 0 aromatic rings. The summed E-state index contributed by atoms with van der Waals surface area (Å²) in [5, 5.41) is 0. The summed E-state index contributed by atoms with van der Waals surface area (Å²) in [6, 6.07) is 0. The first kappa shape index (κ1) is 10.0. The minimum absolute atomic E-state index is 0.405. The highest BCUT2D eigenvalue weighted by atomic mass is 19.4. The summed E-state index contributed by atoms with van der Waals surface area (Å²) in [4.78, 5) is 10.3. The summed E-state index contributed by atoms with van der Waals surface area (Å²) in [6.45, 7) is 1.34. The highest BCUT2D eigenvalue weighted by Gasteiger charge is 2.30. The minimum atomic E-state index is -4.36. The molecular weight excluding hydrogens is 159 g/mol. The van der Waals surface area contributed by atoms with E-state index in [9.17, 15) is 18.0 Å². The molecule has 2 nitrogen and oxygen atoms in total. The number of rotatable bonds is 2. The van der Waals surface area contributed by atoms with Gasteiger partial charge in [0.2, 0.25) is 5.91 Å². The number of halogens is 3. The predicted molar refractivity (Wildman–Crippen MR) is 33.6 cm³/mol. The number of carbonyl (C=O) groups is 1. The Kier molecular flexibility index (Phi) is 3.10. The molecule has 0 aromatic carbocycles. The fraction of sp³-hybridized carbons (Fsp3) is 0.500. The lowest BCUT2D eigenvalue weighted by Gasteiger charge is -2.05. The molecule has 5 heteroatoms. The topological polar surface area (TPSA) is 43.1 Å². The Bertz CT molecular complexity index is 183. The van der Waals surface area contributed by atoms with Gasteiger partial charge in [-0.05, 0) is 6.92 Å². The summed E-state index contributed by atoms with van der Waals surface area (Å²) in [7, 11) is 0. The van der Waals surface area contributed by atoms with Gasteiger partial charge in [0.15, 0.2) is 0 Å². The van der Waals surface area contributed by atoms with Gasteiger partial charge in [-0.2, -0.15) is 13.2 Å². The van der Waals surface area contributed by atoms with E-state index in [1.165, 1.54) is 6.92 Å². The molecular formula is C6H8F3NO. The van der Waals surface area contributed by atoms with Gasteiger partial charge in [0.1, 0.15) is 0 Å². The maximum atomic E-state index is 11.6. The van der Waals surface area contributed by atoms with E-state index in [0.717, 1.165) is 6.08 Å². The lowest BCUT2D eigenvalue weighted by Crippen LogP contribution is -2.19. The van der Waals surface area contributed by atoms with E-state index in [4.69, 9.17) is 0 Å². The number of nitrogens with two attached hydrogens (primary N) is 1. The quantitative estimate of drug-likeness (QED) is 0.620. The molecule has 2 N–H and O–H groups in total. The van der Waals surface area contributed by atoms with Gasteiger partial charge >= 0.3 is 6.18 Å². The molecule has 0 bridgehead atoms. The first-order valence-electron chi connectivity index (χ1n) is 2.88. The number of amides is 1. The summed E-state index contributed by atoms with van der Waals surface area (Å²) >= 11 is 0. The van der Waals surface area contributed by atoms with Gasteiger partial charge in [-0.3, -0.25) is 4.79 Å². The van der Waals surface area contributed by atoms with Crippen LogP contribution in [0.25, 0.3) is 0 Å². The molecule has 0 aromatic heterocycles. The molecule has 64 valence electrons. The highest BCUT2D eigenvalue weighted by molar-refractivity contribution is 5.91. The number of alkyl halides is 3. The molecule has 0 atom stereocenters. The van der Waals surface area contributed by atoms with Crippen molar-refractivity contribution in [1.29, 1.82) is 0 Å². The number of carbonyl (C=O) groups excluding carboxylic acids is 1. The van der Waals surface area contributed by atoms with Crippen molar-refractivity contribution < 1.29 is 18.0 Å². The van der Waals surface area contributed by atoms with Crippen LogP contribution in [0.4, 0.5) is 13.2 Å². The first-order chi connectivity index (χ1) is 4.87. The highest BCUT2D eigenvalue weighted by Crippen LogP contribution is 2.23. The molecule has 0 spiro atoms. The maximum Gasteiger partial charge on any atom is 0.393 e. The second-order valence-electron chi connectivity index (χ2n) is 1.97. The van der Waals surface area contributed by atoms with Crippen molar-refractivity contribution in [3.63, 3.8) is 0 Å². The van der Waals surface area contributed by atoms with Crippen LogP contribution in [0, 0.1) is 0 Å². The number of hydrogen-bond acceptors (Lipinski definition) is 1.